The van der Waals surface area contributed by atoms with E-state index in [1.54, 1.807) is 4.57 Å². The number of nitrogens with two attached hydrogens (primary N) is 1. The maximum absolute atomic E-state index is 13.9. The second kappa shape index (κ2) is 5.92. The number of aromatic nitrogens is 2. The van der Waals surface area contributed by atoms with Crippen LogP contribution in [0.5, 0.6) is 0 Å². The average molecular weight is 293 g/mol. The third-order valence-electron chi connectivity index (χ3n) is 3.07. The topological polar surface area (TPSA) is 43.8 Å². The van der Waals surface area contributed by atoms with E-state index in [0.717, 1.165) is 12.5 Å². The molecule has 0 radical (unpaired) electrons. The monoisotopic (exact) mass is 293 g/mol. The van der Waals surface area contributed by atoms with Gasteiger partial charge in [0.1, 0.15) is 23.2 Å². The molecule has 0 spiro atoms. The summed E-state index contributed by atoms with van der Waals surface area (Å²) < 4.78 is 41.8. The predicted molar refractivity (Wildman–Crippen MR) is 74.8 cm³/mol. The minimum Gasteiger partial charge on any atom is -0.383 e. The fourth-order valence-electron chi connectivity index (χ4n) is 2.10. The van der Waals surface area contributed by atoms with Crippen LogP contribution < -0.4 is 5.73 Å². The molecular formula is C15H14F3N3. The van der Waals surface area contributed by atoms with Crippen molar-refractivity contribution >= 4 is 5.82 Å². The van der Waals surface area contributed by atoms with Gasteiger partial charge in [-0.3, -0.25) is 0 Å². The normalized spacial score (nSPS) is 10.6. The Morgan fingerprint density at radius 1 is 1.24 bits per heavy atom. The summed E-state index contributed by atoms with van der Waals surface area (Å²) in [7, 11) is 0. The number of rotatable bonds is 4. The molecule has 0 aliphatic carbocycles. The number of hydrogen-bond donors (Lipinski definition) is 1. The largest absolute Gasteiger partial charge is 0.383 e. The van der Waals surface area contributed by atoms with E-state index >= 15 is 0 Å². The molecule has 2 aromatic rings. The molecule has 6 heteroatoms. The average Bonchev–Trinajstić information content (AvgIpc) is 2.73. The number of terminal acetylenes is 1. The number of halogens is 3. The molecule has 1 aromatic carbocycles. The van der Waals surface area contributed by atoms with Crippen LogP contribution in [0.4, 0.5) is 19.0 Å². The first-order valence-corrected chi connectivity index (χ1v) is 6.42. The Bertz CT molecular complexity index is 714. The molecule has 0 aliphatic rings. The van der Waals surface area contributed by atoms with Crippen LogP contribution in [-0.2, 0) is 13.0 Å². The van der Waals surface area contributed by atoms with Crippen molar-refractivity contribution in [2.45, 2.75) is 26.3 Å². The van der Waals surface area contributed by atoms with Gasteiger partial charge in [0.05, 0.1) is 6.54 Å². The van der Waals surface area contributed by atoms with E-state index in [2.05, 4.69) is 10.9 Å². The number of aryl methyl sites for hydroxylation is 1. The van der Waals surface area contributed by atoms with Crippen LogP contribution in [0.25, 0.3) is 11.3 Å². The van der Waals surface area contributed by atoms with Crippen LogP contribution >= 0.6 is 0 Å². The number of nitrogen functional groups attached to an aromatic ring is 1. The van der Waals surface area contributed by atoms with Crippen molar-refractivity contribution in [2.75, 3.05) is 5.73 Å². The van der Waals surface area contributed by atoms with Gasteiger partial charge in [0, 0.05) is 18.1 Å². The van der Waals surface area contributed by atoms with E-state index in [1.807, 2.05) is 6.92 Å². The summed E-state index contributed by atoms with van der Waals surface area (Å²) in [5.41, 5.74) is 5.82. The molecule has 0 amide bonds. The summed E-state index contributed by atoms with van der Waals surface area (Å²) in [5.74, 6) is -0.169. The lowest BCUT2D eigenvalue weighted by Crippen LogP contribution is -2.06. The van der Waals surface area contributed by atoms with Crippen molar-refractivity contribution in [3.05, 3.63) is 35.4 Å². The molecule has 3 nitrogen and oxygen atoms in total. The highest BCUT2D eigenvalue weighted by atomic mass is 19.2. The summed E-state index contributed by atoms with van der Waals surface area (Å²) in [6, 6.07) is 1.23. The maximum Gasteiger partial charge on any atom is 0.161 e. The van der Waals surface area contributed by atoms with Crippen LogP contribution in [0.2, 0.25) is 0 Å². The van der Waals surface area contributed by atoms with Crippen LogP contribution in [-0.4, -0.2) is 9.55 Å². The Morgan fingerprint density at radius 3 is 2.52 bits per heavy atom. The predicted octanol–water partition coefficient (Wildman–Crippen LogP) is 3.14. The van der Waals surface area contributed by atoms with Crippen LogP contribution in [0, 0.1) is 29.8 Å². The van der Waals surface area contributed by atoms with E-state index in [9.17, 15) is 13.2 Å². The lowest BCUT2D eigenvalue weighted by atomic mass is 10.1. The van der Waals surface area contributed by atoms with Crippen molar-refractivity contribution < 1.29 is 13.2 Å². The highest BCUT2D eigenvalue weighted by Crippen LogP contribution is 2.30. The molecule has 0 fully saturated rings. The molecule has 0 saturated carbocycles. The van der Waals surface area contributed by atoms with Crippen molar-refractivity contribution in [1.29, 1.82) is 0 Å². The molecule has 2 rings (SSSR count). The summed E-state index contributed by atoms with van der Waals surface area (Å²) in [6.07, 6.45) is 6.67. The number of anilines is 1. The number of nitrogens with zero attached hydrogens (tertiary/aromatic N) is 2. The first kappa shape index (κ1) is 15.0. The minimum absolute atomic E-state index is 0.0742. The second-order valence-electron chi connectivity index (χ2n) is 4.55. The molecule has 0 aliphatic heterocycles. The summed E-state index contributed by atoms with van der Waals surface area (Å²) >= 11 is 0. The highest BCUT2D eigenvalue weighted by Gasteiger charge is 2.20. The summed E-state index contributed by atoms with van der Waals surface area (Å²) in [4.78, 5) is 4.23. The number of benzene rings is 1. The quantitative estimate of drug-likeness (QED) is 0.695. The van der Waals surface area contributed by atoms with Gasteiger partial charge in [-0.15, -0.1) is 6.42 Å². The molecule has 0 unspecified atom stereocenters. The minimum atomic E-state index is -1.26. The summed E-state index contributed by atoms with van der Waals surface area (Å²) in [5, 5.41) is 0. The highest BCUT2D eigenvalue weighted by molar-refractivity contribution is 5.71. The van der Waals surface area contributed by atoms with Gasteiger partial charge in [0.15, 0.2) is 11.6 Å². The Morgan fingerprint density at radius 2 is 1.90 bits per heavy atom. The second-order valence-corrected chi connectivity index (χ2v) is 4.55. The van der Waals surface area contributed by atoms with Gasteiger partial charge in [-0.05, 0) is 12.5 Å². The summed E-state index contributed by atoms with van der Waals surface area (Å²) in [6.45, 7) is 2.13. The van der Waals surface area contributed by atoms with E-state index in [1.165, 1.54) is 0 Å². The third kappa shape index (κ3) is 2.72. The zero-order valence-corrected chi connectivity index (χ0v) is 11.5. The van der Waals surface area contributed by atoms with E-state index < -0.39 is 17.5 Å². The third-order valence-corrected chi connectivity index (χ3v) is 3.07. The first-order chi connectivity index (χ1) is 9.99. The van der Waals surface area contributed by atoms with Gasteiger partial charge in [-0.1, -0.05) is 12.8 Å². The molecule has 110 valence electrons. The lowest BCUT2D eigenvalue weighted by molar-refractivity contribution is 0.496. The maximum atomic E-state index is 13.9. The standard InChI is InChI=1S/C15H14F3N3/c1-3-5-13-20-14(15(19)21(13)6-4-2)9-7-11(17)12(18)8-10(9)16/h2,7-8H,3,5-6,19H2,1H3. The van der Waals surface area contributed by atoms with Crippen LogP contribution in [0.3, 0.4) is 0 Å². The van der Waals surface area contributed by atoms with E-state index in [4.69, 9.17) is 12.2 Å². The van der Waals surface area contributed by atoms with E-state index in [-0.39, 0.29) is 23.6 Å². The van der Waals surface area contributed by atoms with Crippen molar-refractivity contribution in [2.24, 2.45) is 0 Å². The van der Waals surface area contributed by atoms with Gasteiger partial charge in [0.25, 0.3) is 0 Å². The molecule has 21 heavy (non-hydrogen) atoms. The number of imidazole rings is 1. The van der Waals surface area contributed by atoms with Gasteiger partial charge in [0.2, 0.25) is 0 Å². The Balaban J connectivity index is 2.62. The number of hydrogen-bond acceptors (Lipinski definition) is 2. The lowest BCUT2D eigenvalue weighted by Gasteiger charge is -2.05. The van der Waals surface area contributed by atoms with Crippen molar-refractivity contribution in [3.63, 3.8) is 0 Å². The molecule has 0 atom stereocenters. The molecule has 1 aromatic heterocycles. The van der Waals surface area contributed by atoms with Gasteiger partial charge in [-0.25, -0.2) is 18.2 Å². The first-order valence-electron chi connectivity index (χ1n) is 6.42. The Kier molecular flexibility index (Phi) is 4.22. The van der Waals surface area contributed by atoms with Gasteiger partial charge >= 0.3 is 0 Å². The van der Waals surface area contributed by atoms with Crippen molar-refractivity contribution in [1.82, 2.24) is 9.55 Å². The SMILES string of the molecule is C#CCn1c(CCC)nc(-c2cc(F)c(F)cc2F)c1N. The molecular weight excluding hydrogens is 279 g/mol. The molecule has 1 heterocycles. The molecule has 0 saturated heterocycles. The zero-order valence-electron chi connectivity index (χ0n) is 11.5. The Labute approximate surface area is 120 Å². The smallest absolute Gasteiger partial charge is 0.161 e. The van der Waals surface area contributed by atoms with Gasteiger partial charge < -0.3 is 10.3 Å². The van der Waals surface area contributed by atoms with E-state index in [0.29, 0.717) is 18.3 Å². The van der Waals surface area contributed by atoms with Crippen LogP contribution in [0.1, 0.15) is 19.2 Å². The molecule has 2 N–H and O–H groups in total. The van der Waals surface area contributed by atoms with Crippen LogP contribution in [0.15, 0.2) is 12.1 Å². The molecule has 0 bridgehead atoms. The van der Waals surface area contributed by atoms with Crippen molar-refractivity contribution in [3.8, 4) is 23.6 Å². The van der Waals surface area contributed by atoms with Gasteiger partial charge in [-0.2, -0.15) is 0 Å². The fourth-order valence-corrected chi connectivity index (χ4v) is 2.10. The zero-order chi connectivity index (χ0) is 15.6. The Hall–Kier alpha value is -2.42. The fraction of sp³-hybridized carbons (Fsp3) is 0.267.